The van der Waals surface area contributed by atoms with E-state index in [0.29, 0.717) is 5.52 Å². The van der Waals surface area contributed by atoms with Gasteiger partial charge in [-0.15, -0.1) is 0 Å². The molecule has 2 aromatic rings. The summed E-state index contributed by atoms with van der Waals surface area (Å²) in [5.74, 6) is -0.260. The lowest BCUT2D eigenvalue weighted by atomic mass is 10.1. The second-order valence-corrected chi connectivity index (χ2v) is 2.96. The molecule has 68 valence electrons. The normalized spacial score (nSPS) is 10.7. The fourth-order valence-corrected chi connectivity index (χ4v) is 1.54. The summed E-state index contributed by atoms with van der Waals surface area (Å²) in [6.07, 6.45) is 1.62. The van der Waals surface area contributed by atoms with Crippen LogP contribution in [0.2, 0.25) is 0 Å². The molecule has 0 unspecified atom stereocenters. The summed E-state index contributed by atoms with van der Waals surface area (Å²) in [4.78, 5) is 0. The Balaban J connectivity index is 2.88. The van der Waals surface area contributed by atoms with Gasteiger partial charge in [-0.2, -0.15) is 5.10 Å². The Kier molecular flexibility index (Phi) is 1.69. The molecule has 0 spiro atoms. The van der Waals surface area contributed by atoms with Crippen molar-refractivity contribution >= 4 is 16.6 Å². The highest BCUT2D eigenvalue weighted by molar-refractivity contribution is 5.93. The zero-order valence-corrected chi connectivity index (χ0v) is 7.48. The van der Waals surface area contributed by atoms with E-state index in [1.807, 2.05) is 14.0 Å². The van der Waals surface area contributed by atoms with Gasteiger partial charge in [0.05, 0.1) is 6.20 Å². The lowest BCUT2D eigenvalue weighted by molar-refractivity contribution is 0.635. The van der Waals surface area contributed by atoms with Crippen LogP contribution in [0.15, 0.2) is 12.3 Å². The number of aryl methyl sites for hydroxylation is 1. The van der Waals surface area contributed by atoms with Gasteiger partial charge in [0.1, 0.15) is 11.3 Å². The maximum Gasteiger partial charge on any atom is 0.149 e. The van der Waals surface area contributed by atoms with Gasteiger partial charge in [0.15, 0.2) is 0 Å². The Morgan fingerprint density at radius 3 is 3.00 bits per heavy atom. The molecule has 0 radical (unpaired) electrons. The van der Waals surface area contributed by atoms with Crippen molar-refractivity contribution in [1.29, 1.82) is 0 Å². The van der Waals surface area contributed by atoms with E-state index in [9.17, 15) is 4.39 Å². The van der Waals surface area contributed by atoms with Crippen LogP contribution in [0.5, 0.6) is 0 Å². The van der Waals surface area contributed by atoms with E-state index in [1.165, 1.54) is 6.07 Å². The molecule has 0 saturated carbocycles. The summed E-state index contributed by atoms with van der Waals surface area (Å²) in [5.41, 5.74) is 2.26. The molecule has 0 aliphatic rings. The fraction of sp³-hybridized carbons (Fsp3) is 0.222. The number of halogens is 1. The lowest BCUT2D eigenvalue weighted by Gasteiger charge is -2.06. The number of nitrogens with one attached hydrogen (secondary N) is 2. The number of anilines is 1. The first-order chi connectivity index (χ1) is 6.24. The molecule has 1 aromatic heterocycles. The number of fused-ring (bicyclic) bond motifs is 1. The first-order valence-electron chi connectivity index (χ1n) is 4.04. The van der Waals surface area contributed by atoms with Gasteiger partial charge in [0.2, 0.25) is 0 Å². The minimum atomic E-state index is -0.260. The standard InChI is InChI=1S/C9H10FN3/c1-5-3-7(10)9-6(4-12-13-9)8(5)11-2/h3-4,11H,1-2H3,(H,12,13). The average molecular weight is 179 g/mol. The summed E-state index contributed by atoms with van der Waals surface area (Å²) in [6.45, 7) is 1.86. The van der Waals surface area contributed by atoms with E-state index in [2.05, 4.69) is 15.5 Å². The fourth-order valence-electron chi connectivity index (χ4n) is 1.54. The van der Waals surface area contributed by atoms with E-state index < -0.39 is 0 Å². The van der Waals surface area contributed by atoms with Gasteiger partial charge < -0.3 is 5.32 Å². The molecule has 0 amide bonds. The largest absolute Gasteiger partial charge is 0.387 e. The van der Waals surface area contributed by atoms with Gasteiger partial charge in [0.25, 0.3) is 0 Å². The second-order valence-electron chi connectivity index (χ2n) is 2.96. The van der Waals surface area contributed by atoms with Crippen LogP contribution in [0.3, 0.4) is 0 Å². The van der Waals surface area contributed by atoms with Crippen molar-refractivity contribution in [3.63, 3.8) is 0 Å². The maximum absolute atomic E-state index is 13.3. The Bertz CT molecular complexity index is 447. The number of aromatic amines is 1. The number of benzene rings is 1. The average Bonchev–Trinajstić information content (AvgIpc) is 2.53. The van der Waals surface area contributed by atoms with Crippen LogP contribution in [-0.4, -0.2) is 17.2 Å². The highest BCUT2D eigenvalue weighted by Crippen LogP contribution is 2.27. The maximum atomic E-state index is 13.3. The summed E-state index contributed by atoms with van der Waals surface area (Å²) in [7, 11) is 1.81. The van der Waals surface area contributed by atoms with Gasteiger partial charge in [-0.3, -0.25) is 5.10 Å². The van der Waals surface area contributed by atoms with Crippen LogP contribution in [0, 0.1) is 12.7 Å². The zero-order valence-electron chi connectivity index (χ0n) is 7.48. The predicted octanol–water partition coefficient (Wildman–Crippen LogP) is 2.05. The Morgan fingerprint density at radius 2 is 2.31 bits per heavy atom. The minimum absolute atomic E-state index is 0.260. The molecule has 0 atom stereocenters. The number of hydrogen-bond acceptors (Lipinski definition) is 2. The van der Waals surface area contributed by atoms with E-state index in [4.69, 9.17) is 0 Å². The third kappa shape index (κ3) is 1.06. The number of rotatable bonds is 1. The van der Waals surface area contributed by atoms with Crippen molar-refractivity contribution in [3.05, 3.63) is 23.6 Å². The molecule has 2 rings (SSSR count). The first kappa shape index (κ1) is 8.04. The van der Waals surface area contributed by atoms with Gasteiger partial charge >= 0.3 is 0 Å². The second kappa shape index (κ2) is 2.73. The molecular formula is C9H10FN3. The van der Waals surface area contributed by atoms with Crippen molar-refractivity contribution < 1.29 is 4.39 Å². The molecular weight excluding hydrogens is 169 g/mol. The molecule has 3 nitrogen and oxygen atoms in total. The van der Waals surface area contributed by atoms with Crippen molar-refractivity contribution in [1.82, 2.24) is 10.2 Å². The molecule has 0 aliphatic carbocycles. The third-order valence-electron chi connectivity index (χ3n) is 2.14. The van der Waals surface area contributed by atoms with E-state index >= 15 is 0 Å². The highest BCUT2D eigenvalue weighted by atomic mass is 19.1. The van der Waals surface area contributed by atoms with Crippen molar-refractivity contribution in [3.8, 4) is 0 Å². The summed E-state index contributed by atoms with van der Waals surface area (Å²) >= 11 is 0. The predicted molar refractivity (Wildman–Crippen MR) is 50.3 cm³/mol. The number of H-pyrrole nitrogens is 1. The summed E-state index contributed by atoms with van der Waals surface area (Å²) < 4.78 is 13.3. The zero-order chi connectivity index (χ0) is 9.42. The van der Waals surface area contributed by atoms with Crippen molar-refractivity contribution in [2.45, 2.75) is 6.92 Å². The van der Waals surface area contributed by atoms with Gasteiger partial charge in [-0.05, 0) is 18.6 Å². The quantitative estimate of drug-likeness (QED) is 0.703. The summed E-state index contributed by atoms with van der Waals surface area (Å²) in [5, 5.41) is 10.2. The molecule has 0 fully saturated rings. The number of nitrogens with zero attached hydrogens (tertiary/aromatic N) is 1. The molecule has 1 aromatic carbocycles. The molecule has 0 saturated heterocycles. The lowest BCUT2D eigenvalue weighted by Crippen LogP contribution is -1.93. The molecule has 0 bridgehead atoms. The van der Waals surface area contributed by atoms with E-state index in [0.717, 1.165) is 16.6 Å². The number of aromatic nitrogens is 2. The van der Waals surface area contributed by atoms with Gasteiger partial charge in [0, 0.05) is 18.1 Å². The Morgan fingerprint density at radius 1 is 1.54 bits per heavy atom. The van der Waals surface area contributed by atoms with E-state index in [-0.39, 0.29) is 5.82 Å². The van der Waals surface area contributed by atoms with Crippen LogP contribution >= 0.6 is 0 Å². The molecule has 13 heavy (non-hydrogen) atoms. The first-order valence-corrected chi connectivity index (χ1v) is 4.04. The third-order valence-corrected chi connectivity index (χ3v) is 2.14. The molecule has 2 N–H and O–H groups in total. The topological polar surface area (TPSA) is 40.7 Å². The number of hydrogen-bond donors (Lipinski definition) is 2. The highest BCUT2D eigenvalue weighted by Gasteiger charge is 2.09. The monoisotopic (exact) mass is 179 g/mol. The molecule has 4 heteroatoms. The van der Waals surface area contributed by atoms with Crippen LogP contribution in [0.4, 0.5) is 10.1 Å². The van der Waals surface area contributed by atoms with Crippen LogP contribution in [0.25, 0.3) is 10.9 Å². The van der Waals surface area contributed by atoms with E-state index in [1.54, 1.807) is 6.20 Å². The van der Waals surface area contributed by atoms with Gasteiger partial charge in [-0.25, -0.2) is 4.39 Å². The SMILES string of the molecule is CNc1c(C)cc(F)c2[nH]ncc12. The Labute approximate surface area is 75.0 Å². The van der Waals surface area contributed by atoms with Gasteiger partial charge in [-0.1, -0.05) is 0 Å². The van der Waals surface area contributed by atoms with Crippen LogP contribution in [-0.2, 0) is 0 Å². The van der Waals surface area contributed by atoms with Crippen LogP contribution < -0.4 is 5.32 Å². The minimum Gasteiger partial charge on any atom is -0.387 e. The van der Waals surface area contributed by atoms with Crippen molar-refractivity contribution in [2.75, 3.05) is 12.4 Å². The summed E-state index contributed by atoms with van der Waals surface area (Å²) in [6, 6.07) is 1.49. The van der Waals surface area contributed by atoms with Crippen LogP contribution in [0.1, 0.15) is 5.56 Å². The van der Waals surface area contributed by atoms with Crippen molar-refractivity contribution in [2.24, 2.45) is 0 Å². The Hall–Kier alpha value is -1.58. The molecule has 0 aliphatic heterocycles. The smallest absolute Gasteiger partial charge is 0.149 e. The molecule has 1 heterocycles.